The van der Waals surface area contributed by atoms with Crippen LogP contribution in [0, 0.1) is 17.8 Å². The molecule has 0 spiro atoms. The zero-order valence-electron chi connectivity index (χ0n) is 70.6. The van der Waals surface area contributed by atoms with Crippen molar-refractivity contribution in [1.82, 2.24) is 0 Å². The lowest BCUT2D eigenvalue weighted by molar-refractivity contribution is -0.161. The van der Waals surface area contributed by atoms with Crippen LogP contribution in [0.25, 0.3) is 0 Å². The SMILES string of the molecule is CCCCCCCCCCCCCCCCCCCCCCCCC(=O)O[C@H](COC(=O)CCCCCCCCCCCCCCCCC(C)C)COP(=O)(O)OC[C@@H](O)COP(=O)(O)OC[C@@H](COC(=O)CCCCCCCCCCCC(C)C)OC(=O)CCCCCCCCCCCCCCCC(C)C. The summed E-state index contributed by atoms with van der Waals surface area (Å²) in [6.07, 6.45) is 69.5. The van der Waals surface area contributed by atoms with Crippen molar-refractivity contribution in [2.45, 2.75) is 484 Å². The van der Waals surface area contributed by atoms with E-state index in [-0.39, 0.29) is 25.7 Å². The number of ether oxygens (including phenoxy) is 4. The number of hydrogen-bond acceptors (Lipinski definition) is 15. The maximum atomic E-state index is 13.2. The molecule has 3 N–H and O–H groups in total. The van der Waals surface area contributed by atoms with E-state index < -0.39 is 97.5 Å². The highest BCUT2D eigenvalue weighted by Gasteiger charge is 2.31. The van der Waals surface area contributed by atoms with Crippen LogP contribution in [0.5, 0.6) is 0 Å². The molecule has 5 atom stereocenters. The highest BCUT2D eigenvalue weighted by atomic mass is 31.2. The lowest BCUT2D eigenvalue weighted by atomic mass is 10.0. The molecule has 19 heteroatoms. The number of phosphoric ester groups is 2. The van der Waals surface area contributed by atoms with Crippen molar-refractivity contribution in [3.63, 3.8) is 0 Å². The summed E-state index contributed by atoms with van der Waals surface area (Å²) in [5, 5.41) is 10.7. The highest BCUT2D eigenvalue weighted by molar-refractivity contribution is 7.47. The Morgan fingerprint density at radius 1 is 0.252 bits per heavy atom. The summed E-state index contributed by atoms with van der Waals surface area (Å²) in [6, 6.07) is 0. The van der Waals surface area contributed by atoms with E-state index in [2.05, 4.69) is 48.5 Å². The zero-order chi connectivity index (χ0) is 78.6. The lowest BCUT2D eigenvalue weighted by Gasteiger charge is -2.21. The molecule has 0 bridgehead atoms. The van der Waals surface area contributed by atoms with Crippen LogP contribution >= 0.6 is 15.6 Å². The van der Waals surface area contributed by atoms with Gasteiger partial charge < -0.3 is 33.8 Å². The Morgan fingerprint density at radius 3 is 0.636 bits per heavy atom. The predicted molar refractivity (Wildman–Crippen MR) is 441 cm³/mol. The summed E-state index contributed by atoms with van der Waals surface area (Å²) < 4.78 is 69.0. The van der Waals surface area contributed by atoms with Gasteiger partial charge in [0.05, 0.1) is 26.4 Å². The summed E-state index contributed by atoms with van der Waals surface area (Å²) >= 11 is 0. The van der Waals surface area contributed by atoms with Crippen LogP contribution in [0.1, 0.15) is 466 Å². The van der Waals surface area contributed by atoms with E-state index in [0.717, 1.165) is 108 Å². The molecule has 636 valence electrons. The number of aliphatic hydroxyl groups is 1. The fourth-order valence-corrected chi connectivity index (χ4v) is 15.3. The maximum Gasteiger partial charge on any atom is 0.472 e. The standard InChI is InChI=1S/C88H172O17P2/c1-8-9-10-11-12-13-14-15-16-17-18-19-20-21-22-23-30-35-42-50-57-64-71-87(92)104-83(75-98-85(90)69-62-55-48-41-34-29-25-24-27-32-38-45-52-59-66-79(2)3)77-102-106(94,95)100-73-82(89)74-101-107(96,97)103-78-84(76-99-86(91)70-63-56-49-44-37-40-47-54-61-68-81(6)7)105-88(93)72-65-58-51-43-36-31-26-28-33-39-46-53-60-67-80(4)5/h79-84,89H,8-78H2,1-7H3,(H,94,95)(H,96,97)/t82-,83-,84-/m1/s1. The van der Waals surface area contributed by atoms with Gasteiger partial charge in [-0.15, -0.1) is 0 Å². The van der Waals surface area contributed by atoms with E-state index in [9.17, 15) is 43.2 Å². The van der Waals surface area contributed by atoms with Crippen molar-refractivity contribution < 1.29 is 80.2 Å². The molecule has 0 fully saturated rings. The van der Waals surface area contributed by atoms with Crippen molar-refractivity contribution in [2.75, 3.05) is 39.6 Å². The minimum atomic E-state index is -4.97. The van der Waals surface area contributed by atoms with Gasteiger partial charge in [-0.05, 0) is 43.4 Å². The first-order chi connectivity index (χ1) is 51.7. The molecule has 0 rings (SSSR count). The molecule has 0 saturated carbocycles. The van der Waals surface area contributed by atoms with Gasteiger partial charge in [0.15, 0.2) is 12.2 Å². The number of esters is 4. The van der Waals surface area contributed by atoms with Crippen LogP contribution < -0.4 is 0 Å². The van der Waals surface area contributed by atoms with Crippen LogP contribution in [-0.4, -0.2) is 96.7 Å². The van der Waals surface area contributed by atoms with Crippen LogP contribution in [0.2, 0.25) is 0 Å². The van der Waals surface area contributed by atoms with Crippen molar-refractivity contribution in [3.8, 4) is 0 Å². The van der Waals surface area contributed by atoms with Gasteiger partial charge in [-0.3, -0.25) is 37.3 Å². The highest BCUT2D eigenvalue weighted by Crippen LogP contribution is 2.45. The Bertz CT molecular complexity index is 2060. The Morgan fingerprint density at radius 2 is 0.430 bits per heavy atom. The molecule has 17 nitrogen and oxygen atoms in total. The number of unbranched alkanes of at least 4 members (excludes halogenated alkanes) is 54. The average molecular weight is 1560 g/mol. The summed E-state index contributed by atoms with van der Waals surface area (Å²) in [5.41, 5.74) is 0. The number of aliphatic hydroxyl groups excluding tert-OH is 1. The molecule has 0 radical (unpaired) electrons. The molecular formula is C88H172O17P2. The lowest BCUT2D eigenvalue weighted by Crippen LogP contribution is -2.30. The van der Waals surface area contributed by atoms with E-state index in [1.807, 2.05) is 0 Å². The molecule has 0 aliphatic carbocycles. The fraction of sp³-hybridized carbons (Fsp3) is 0.955. The molecule has 0 aromatic rings. The molecule has 107 heavy (non-hydrogen) atoms. The van der Waals surface area contributed by atoms with E-state index in [1.165, 1.54) is 276 Å². The van der Waals surface area contributed by atoms with Gasteiger partial charge in [-0.2, -0.15) is 0 Å². The third kappa shape index (κ3) is 81.9. The molecule has 0 aromatic heterocycles. The van der Waals surface area contributed by atoms with Crippen LogP contribution in [0.15, 0.2) is 0 Å². The topological polar surface area (TPSA) is 237 Å². The third-order valence-corrected chi connectivity index (χ3v) is 22.5. The second-order valence-corrected chi connectivity index (χ2v) is 36.0. The van der Waals surface area contributed by atoms with Gasteiger partial charge in [-0.1, -0.05) is 414 Å². The third-order valence-electron chi connectivity index (χ3n) is 20.6. The monoisotopic (exact) mass is 1560 g/mol. The van der Waals surface area contributed by atoms with E-state index in [0.29, 0.717) is 25.7 Å². The van der Waals surface area contributed by atoms with Gasteiger partial charge in [0.25, 0.3) is 0 Å². The molecule has 0 aliphatic heterocycles. The smallest absolute Gasteiger partial charge is 0.462 e. The Hall–Kier alpha value is -1.94. The van der Waals surface area contributed by atoms with Gasteiger partial charge in [0.1, 0.15) is 19.3 Å². The van der Waals surface area contributed by atoms with Crippen LogP contribution in [0.3, 0.4) is 0 Å². The van der Waals surface area contributed by atoms with Crippen molar-refractivity contribution >= 4 is 39.5 Å². The van der Waals surface area contributed by atoms with E-state index in [1.54, 1.807) is 0 Å². The molecule has 0 aliphatic rings. The average Bonchev–Trinajstić information content (AvgIpc) is 0.913. The summed E-state index contributed by atoms with van der Waals surface area (Å²) in [4.78, 5) is 73.3. The predicted octanol–water partition coefficient (Wildman–Crippen LogP) is 26.9. The number of carbonyl (C=O) groups excluding carboxylic acids is 4. The molecular weight excluding hydrogens is 1390 g/mol. The second-order valence-electron chi connectivity index (χ2n) is 33.1. The minimum absolute atomic E-state index is 0.107. The van der Waals surface area contributed by atoms with Crippen molar-refractivity contribution in [3.05, 3.63) is 0 Å². The Kier molecular flexibility index (Phi) is 76.6. The second kappa shape index (κ2) is 78.0. The van der Waals surface area contributed by atoms with Crippen molar-refractivity contribution in [2.24, 2.45) is 17.8 Å². The Balaban J connectivity index is 5.24. The molecule has 2 unspecified atom stereocenters. The number of carbonyl (C=O) groups is 4. The fourth-order valence-electron chi connectivity index (χ4n) is 13.7. The van der Waals surface area contributed by atoms with Gasteiger partial charge in [-0.25, -0.2) is 9.13 Å². The maximum absolute atomic E-state index is 13.2. The normalized spacial score (nSPS) is 13.8. The number of phosphoric acid groups is 2. The molecule has 0 heterocycles. The van der Waals surface area contributed by atoms with Crippen molar-refractivity contribution in [1.29, 1.82) is 0 Å². The summed E-state index contributed by atoms with van der Waals surface area (Å²) in [5.74, 6) is 0.227. The first-order valence-corrected chi connectivity index (χ1v) is 48.3. The molecule has 0 amide bonds. The van der Waals surface area contributed by atoms with E-state index >= 15 is 0 Å². The van der Waals surface area contributed by atoms with Gasteiger partial charge in [0, 0.05) is 25.7 Å². The van der Waals surface area contributed by atoms with Gasteiger partial charge in [0.2, 0.25) is 0 Å². The quantitative estimate of drug-likeness (QED) is 0.0222. The van der Waals surface area contributed by atoms with E-state index in [4.69, 9.17) is 37.0 Å². The first-order valence-electron chi connectivity index (χ1n) is 45.3. The van der Waals surface area contributed by atoms with Crippen LogP contribution in [-0.2, 0) is 65.4 Å². The van der Waals surface area contributed by atoms with Gasteiger partial charge >= 0.3 is 39.5 Å². The zero-order valence-corrected chi connectivity index (χ0v) is 72.4. The largest absolute Gasteiger partial charge is 0.472 e. The number of hydrogen-bond donors (Lipinski definition) is 3. The summed E-state index contributed by atoms with van der Waals surface area (Å²) in [6.45, 7) is 12.0. The number of rotatable bonds is 86. The summed E-state index contributed by atoms with van der Waals surface area (Å²) in [7, 11) is -9.93. The first kappa shape index (κ1) is 105. The molecule has 0 saturated heterocycles. The minimum Gasteiger partial charge on any atom is -0.462 e. The molecule has 0 aromatic carbocycles. The van der Waals surface area contributed by atoms with Crippen LogP contribution in [0.4, 0.5) is 0 Å². The Labute approximate surface area is 658 Å².